The van der Waals surface area contributed by atoms with Crippen LogP contribution in [-0.4, -0.2) is 10.9 Å². The van der Waals surface area contributed by atoms with Crippen LogP contribution in [0.4, 0.5) is 5.82 Å². The van der Waals surface area contributed by atoms with Crippen molar-refractivity contribution in [3.8, 4) is 5.75 Å². The molecule has 0 saturated heterocycles. The molecule has 1 N–H and O–H groups in total. The molecule has 1 aliphatic rings. The SMILES string of the molecule is CC1=CC=CC(C(C)C)C=C1Oc1ccc(NC(=O)c2ccc(Cl)cc2)nc1. The highest BCUT2D eigenvalue weighted by Crippen LogP contribution is 2.26. The number of ether oxygens (including phenoxy) is 1. The van der Waals surface area contributed by atoms with Crippen molar-refractivity contribution in [2.75, 3.05) is 5.32 Å². The van der Waals surface area contributed by atoms with E-state index in [2.05, 4.69) is 42.4 Å². The van der Waals surface area contributed by atoms with Gasteiger partial charge >= 0.3 is 0 Å². The molecule has 1 aromatic heterocycles. The summed E-state index contributed by atoms with van der Waals surface area (Å²) in [6.45, 7) is 6.39. The van der Waals surface area contributed by atoms with Gasteiger partial charge in [-0.25, -0.2) is 4.98 Å². The summed E-state index contributed by atoms with van der Waals surface area (Å²) in [5.74, 6) is 2.45. The molecule has 0 radical (unpaired) electrons. The van der Waals surface area contributed by atoms with Crippen LogP contribution in [0.15, 0.2) is 78.2 Å². The first kappa shape index (κ1) is 19.9. The normalized spacial score (nSPS) is 16.2. The second-order valence-corrected chi connectivity index (χ2v) is 7.47. The van der Waals surface area contributed by atoms with Gasteiger partial charge in [0.1, 0.15) is 17.3 Å². The summed E-state index contributed by atoms with van der Waals surface area (Å²) in [4.78, 5) is 16.5. The number of hydrogen-bond donors (Lipinski definition) is 1. The first-order valence-corrected chi connectivity index (χ1v) is 9.58. The number of carbonyl (C=O) groups is 1. The Balaban J connectivity index is 1.68. The smallest absolute Gasteiger partial charge is 0.256 e. The second-order valence-electron chi connectivity index (χ2n) is 7.03. The molecule has 0 saturated carbocycles. The van der Waals surface area contributed by atoms with Gasteiger partial charge in [0, 0.05) is 16.5 Å². The summed E-state index contributed by atoms with van der Waals surface area (Å²) < 4.78 is 6.05. The molecule has 5 heteroatoms. The highest BCUT2D eigenvalue weighted by atomic mass is 35.5. The molecule has 3 rings (SSSR count). The van der Waals surface area contributed by atoms with Crippen molar-refractivity contribution in [2.24, 2.45) is 11.8 Å². The third kappa shape index (κ3) is 5.11. The lowest BCUT2D eigenvalue weighted by atomic mass is 9.95. The molecule has 0 bridgehead atoms. The van der Waals surface area contributed by atoms with Crippen LogP contribution in [0.3, 0.4) is 0 Å². The van der Waals surface area contributed by atoms with Gasteiger partial charge in [0.25, 0.3) is 5.91 Å². The van der Waals surface area contributed by atoms with E-state index in [1.165, 1.54) is 0 Å². The first-order chi connectivity index (χ1) is 13.4. The van der Waals surface area contributed by atoms with Gasteiger partial charge in [-0.15, -0.1) is 0 Å². The highest BCUT2D eigenvalue weighted by molar-refractivity contribution is 6.30. The Labute approximate surface area is 170 Å². The largest absolute Gasteiger partial charge is 0.456 e. The predicted octanol–water partition coefficient (Wildman–Crippen LogP) is 6.04. The number of halogens is 1. The number of anilines is 1. The number of amides is 1. The van der Waals surface area contributed by atoms with Crippen LogP contribution < -0.4 is 10.1 Å². The molecule has 1 unspecified atom stereocenters. The lowest BCUT2D eigenvalue weighted by Gasteiger charge is -2.15. The first-order valence-electron chi connectivity index (χ1n) is 9.20. The van der Waals surface area contributed by atoms with Crippen molar-refractivity contribution < 1.29 is 9.53 Å². The molecule has 1 atom stereocenters. The molecule has 144 valence electrons. The van der Waals surface area contributed by atoms with Gasteiger partial charge in [0.05, 0.1) is 6.20 Å². The molecule has 4 nitrogen and oxygen atoms in total. The van der Waals surface area contributed by atoms with Crippen molar-refractivity contribution >= 4 is 23.3 Å². The molecule has 0 aliphatic heterocycles. The summed E-state index contributed by atoms with van der Waals surface area (Å²) in [7, 11) is 0. The summed E-state index contributed by atoms with van der Waals surface area (Å²) in [6, 6.07) is 10.2. The molecular formula is C23H23ClN2O2. The van der Waals surface area contributed by atoms with E-state index in [9.17, 15) is 4.79 Å². The topological polar surface area (TPSA) is 51.2 Å². The maximum atomic E-state index is 12.3. The molecule has 1 aliphatic carbocycles. The van der Waals surface area contributed by atoms with Crippen LogP contribution in [0.5, 0.6) is 5.75 Å². The standard InChI is InChI=1S/C23H23ClN2O2/c1-15(2)18-6-4-5-16(3)21(13-18)28-20-11-12-22(25-14-20)26-23(27)17-7-9-19(24)10-8-17/h4-15,18H,1-3H3,(H,25,26,27). The average Bonchev–Trinajstić information content (AvgIpc) is 2.86. The van der Waals surface area contributed by atoms with Crippen LogP contribution in [-0.2, 0) is 0 Å². The number of aromatic nitrogens is 1. The van der Waals surface area contributed by atoms with Gasteiger partial charge in [0.15, 0.2) is 0 Å². The Morgan fingerprint density at radius 2 is 1.93 bits per heavy atom. The molecular weight excluding hydrogens is 372 g/mol. The average molecular weight is 395 g/mol. The van der Waals surface area contributed by atoms with E-state index < -0.39 is 0 Å². The minimum Gasteiger partial charge on any atom is -0.456 e. The van der Waals surface area contributed by atoms with Gasteiger partial charge in [0.2, 0.25) is 0 Å². The lowest BCUT2D eigenvalue weighted by Crippen LogP contribution is -2.12. The number of nitrogens with one attached hydrogen (secondary N) is 1. The molecule has 2 aromatic rings. The number of hydrogen-bond acceptors (Lipinski definition) is 3. The van der Waals surface area contributed by atoms with Gasteiger partial charge in [-0.1, -0.05) is 43.7 Å². The summed E-state index contributed by atoms with van der Waals surface area (Å²) >= 11 is 5.85. The van der Waals surface area contributed by atoms with Crippen molar-refractivity contribution in [1.29, 1.82) is 0 Å². The zero-order chi connectivity index (χ0) is 20.1. The Morgan fingerprint density at radius 1 is 1.18 bits per heavy atom. The Kier molecular flexibility index (Phi) is 6.32. The fraction of sp³-hybridized carbons (Fsp3) is 0.217. The van der Waals surface area contributed by atoms with Crippen LogP contribution in [0.25, 0.3) is 0 Å². The monoisotopic (exact) mass is 394 g/mol. The maximum Gasteiger partial charge on any atom is 0.256 e. The molecule has 1 amide bonds. The van der Waals surface area contributed by atoms with Crippen molar-refractivity contribution in [2.45, 2.75) is 20.8 Å². The van der Waals surface area contributed by atoms with Gasteiger partial charge < -0.3 is 10.1 Å². The van der Waals surface area contributed by atoms with E-state index in [4.69, 9.17) is 16.3 Å². The van der Waals surface area contributed by atoms with E-state index in [0.29, 0.717) is 34.0 Å². The van der Waals surface area contributed by atoms with Crippen molar-refractivity contribution in [1.82, 2.24) is 4.98 Å². The fourth-order valence-corrected chi connectivity index (χ4v) is 2.86. The predicted molar refractivity (Wildman–Crippen MR) is 114 cm³/mol. The zero-order valence-electron chi connectivity index (χ0n) is 16.1. The summed E-state index contributed by atoms with van der Waals surface area (Å²) in [5, 5.41) is 3.35. The van der Waals surface area contributed by atoms with E-state index >= 15 is 0 Å². The van der Waals surface area contributed by atoms with E-state index in [1.807, 2.05) is 13.0 Å². The third-order valence-electron chi connectivity index (χ3n) is 4.49. The quantitative estimate of drug-likeness (QED) is 0.672. The molecule has 1 aromatic carbocycles. The van der Waals surface area contributed by atoms with E-state index in [-0.39, 0.29) is 5.91 Å². The summed E-state index contributed by atoms with van der Waals surface area (Å²) in [6.07, 6.45) is 10.0. The molecule has 1 heterocycles. The third-order valence-corrected chi connectivity index (χ3v) is 4.75. The van der Waals surface area contributed by atoms with E-state index in [0.717, 1.165) is 11.3 Å². The zero-order valence-corrected chi connectivity index (χ0v) is 16.9. The lowest BCUT2D eigenvalue weighted by molar-refractivity contribution is 0.102. The van der Waals surface area contributed by atoms with Crippen LogP contribution in [0.1, 0.15) is 31.1 Å². The van der Waals surface area contributed by atoms with Crippen LogP contribution >= 0.6 is 11.6 Å². The van der Waals surface area contributed by atoms with Crippen LogP contribution in [0, 0.1) is 11.8 Å². The summed E-state index contributed by atoms with van der Waals surface area (Å²) in [5.41, 5.74) is 1.57. The van der Waals surface area contributed by atoms with Gasteiger partial charge in [-0.05, 0) is 60.9 Å². The van der Waals surface area contributed by atoms with Crippen molar-refractivity contribution in [3.05, 3.63) is 88.8 Å². The number of benzene rings is 1. The van der Waals surface area contributed by atoms with Gasteiger partial charge in [-0.2, -0.15) is 0 Å². The molecule has 0 spiro atoms. The van der Waals surface area contributed by atoms with Gasteiger partial charge in [-0.3, -0.25) is 4.79 Å². The number of carbonyl (C=O) groups excluding carboxylic acids is 1. The minimum absolute atomic E-state index is 0.242. The van der Waals surface area contributed by atoms with Crippen LogP contribution in [0.2, 0.25) is 5.02 Å². The van der Waals surface area contributed by atoms with Crippen molar-refractivity contribution in [3.63, 3.8) is 0 Å². The number of pyridine rings is 1. The number of rotatable bonds is 5. The fourth-order valence-electron chi connectivity index (χ4n) is 2.73. The Bertz CT molecular complexity index is 926. The minimum atomic E-state index is -0.242. The second kappa shape index (κ2) is 8.89. The Hall–Kier alpha value is -2.85. The Morgan fingerprint density at radius 3 is 2.57 bits per heavy atom. The maximum absolute atomic E-state index is 12.3. The van der Waals surface area contributed by atoms with E-state index in [1.54, 1.807) is 42.6 Å². The highest BCUT2D eigenvalue weighted by Gasteiger charge is 2.14. The molecule has 0 fully saturated rings. The molecule has 28 heavy (non-hydrogen) atoms. The number of allylic oxidation sites excluding steroid dienone is 5. The number of nitrogens with zero attached hydrogens (tertiary/aromatic N) is 1.